The van der Waals surface area contributed by atoms with Gasteiger partial charge in [-0.05, 0) is 17.7 Å². The molecule has 1 heterocycles. The van der Waals surface area contributed by atoms with Crippen LogP contribution >= 0.6 is 0 Å². The molecule has 0 amide bonds. The lowest BCUT2D eigenvalue weighted by molar-refractivity contribution is 0.0800. The van der Waals surface area contributed by atoms with E-state index in [9.17, 15) is 4.39 Å². The smallest absolute Gasteiger partial charge is 0.216 e. The van der Waals surface area contributed by atoms with E-state index < -0.39 is 12.3 Å². The summed E-state index contributed by atoms with van der Waals surface area (Å²) in [5, 5.41) is 0. The summed E-state index contributed by atoms with van der Waals surface area (Å²) in [4.78, 5) is 4.18. The third-order valence-corrected chi connectivity index (χ3v) is 3.13. The van der Waals surface area contributed by atoms with E-state index in [0.29, 0.717) is 5.90 Å². The molecule has 1 unspecified atom stereocenters. The molecule has 96 valence electrons. The first-order chi connectivity index (χ1) is 9.34. The highest BCUT2D eigenvalue weighted by Gasteiger charge is 2.30. The number of halogens is 1. The zero-order chi connectivity index (χ0) is 13.1. The number of alkyl halides is 1. The molecule has 0 saturated carbocycles. The molecule has 0 saturated heterocycles. The van der Waals surface area contributed by atoms with Gasteiger partial charge in [0.05, 0.1) is 6.54 Å². The standard InChI is InChI=1S/C16H14FNO/c17-14-11-18-16(13-9-5-2-6-10-13)19-15(14)12-7-3-1-4-8-12/h1-10,14-15H,11H2/t14-,15?/m0/s1. The molecule has 1 aliphatic rings. The minimum atomic E-state index is -1.10. The van der Waals surface area contributed by atoms with Crippen LogP contribution in [0.25, 0.3) is 0 Å². The average molecular weight is 255 g/mol. The molecular weight excluding hydrogens is 241 g/mol. The summed E-state index contributed by atoms with van der Waals surface area (Å²) in [5.41, 5.74) is 1.73. The van der Waals surface area contributed by atoms with E-state index >= 15 is 0 Å². The minimum Gasteiger partial charge on any atom is -0.466 e. The molecular formula is C16H14FNO. The molecule has 0 aliphatic carbocycles. The molecule has 0 bridgehead atoms. The van der Waals surface area contributed by atoms with Crippen LogP contribution in [0.4, 0.5) is 4.39 Å². The van der Waals surface area contributed by atoms with Gasteiger partial charge in [0.1, 0.15) is 0 Å². The van der Waals surface area contributed by atoms with Crippen LogP contribution < -0.4 is 0 Å². The topological polar surface area (TPSA) is 21.6 Å². The summed E-state index contributed by atoms with van der Waals surface area (Å²) in [6, 6.07) is 19.0. The Morgan fingerprint density at radius 3 is 2.26 bits per heavy atom. The van der Waals surface area contributed by atoms with E-state index in [1.54, 1.807) is 0 Å². The number of ether oxygens (including phenoxy) is 1. The van der Waals surface area contributed by atoms with E-state index in [0.717, 1.165) is 11.1 Å². The fraction of sp³-hybridized carbons (Fsp3) is 0.188. The maximum Gasteiger partial charge on any atom is 0.216 e. The molecule has 2 aromatic carbocycles. The van der Waals surface area contributed by atoms with Gasteiger partial charge in [-0.25, -0.2) is 9.38 Å². The van der Waals surface area contributed by atoms with E-state index in [-0.39, 0.29) is 6.54 Å². The van der Waals surface area contributed by atoms with Gasteiger partial charge in [0.2, 0.25) is 5.90 Å². The highest BCUT2D eigenvalue weighted by Crippen LogP contribution is 2.28. The van der Waals surface area contributed by atoms with Gasteiger partial charge in [-0.15, -0.1) is 0 Å². The third-order valence-electron chi connectivity index (χ3n) is 3.13. The van der Waals surface area contributed by atoms with Crippen LogP contribution in [0.15, 0.2) is 65.7 Å². The molecule has 2 atom stereocenters. The summed E-state index contributed by atoms with van der Waals surface area (Å²) in [6.45, 7) is 0.143. The quantitative estimate of drug-likeness (QED) is 0.804. The van der Waals surface area contributed by atoms with Crippen LogP contribution in [0.5, 0.6) is 0 Å². The summed E-state index contributed by atoms with van der Waals surface area (Å²) >= 11 is 0. The Kier molecular flexibility index (Phi) is 3.27. The number of benzene rings is 2. The van der Waals surface area contributed by atoms with Crippen LogP contribution in [0.3, 0.4) is 0 Å². The lowest BCUT2D eigenvalue weighted by atomic mass is 10.0. The van der Waals surface area contributed by atoms with Gasteiger partial charge in [0.25, 0.3) is 0 Å². The monoisotopic (exact) mass is 255 g/mol. The van der Waals surface area contributed by atoms with Gasteiger partial charge in [-0.3, -0.25) is 0 Å². The van der Waals surface area contributed by atoms with Crippen molar-refractivity contribution in [2.75, 3.05) is 6.54 Å². The van der Waals surface area contributed by atoms with Gasteiger partial charge < -0.3 is 4.74 Å². The van der Waals surface area contributed by atoms with Gasteiger partial charge in [0, 0.05) is 5.56 Å². The van der Waals surface area contributed by atoms with Crippen molar-refractivity contribution in [2.45, 2.75) is 12.3 Å². The Balaban J connectivity index is 1.88. The highest BCUT2D eigenvalue weighted by atomic mass is 19.1. The van der Waals surface area contributed by atoms with Crippen LogP contribution in [0.2, 0.25) is 0 Å². The Morgan fingerprint density at radius 1 is 0.947 bits per heavy atom. The molecule has 3 rings (SSSR count). The second-order valence-electron chi connectivity index (χ2n) is 4.48. The fourth-order valence-corrected chi connectivity index (χ4v) is 2.16. The first-order valence-corrected chi connectivity index (χ1v) is 6.30. The number of nitrogens with zero attached hydrogens (tertiary/aromatic N) is 1. The van der Waals surface area contributed by atoms with Crippen molar-refractivity contribution in [3.8, 4) is 0 Å². The highest BCUT2D eigenvalue weighted by molar-refractivity contribution is 5.94. The molecule has 3 heteroatoms. The van der Waals surface area contributed by atoms with Crippen molar-refractivity contribution in [1.29, 1.82) is 0 Å². The third kappa shape index (κ3) is 2.50. The Morgan fingerprint density at radius 2 is 1.58 bits per heavy atom. The van der Waals surface area contributed by atoms with Crippen molar-refractivity contribution in [3.05, 3.63) is 71.8 Å². The van der Waals surface area contributed by atoms with E-state index in [1.807, 2.05) is 60.7 Å². The molecule has 0 radical (unpaired) electrons. The average Bonchev–Trinajstić information content (AvgIpc) is 2.49. The zero-order valence-corrected chi connectivity index (χ0v) is 10.4. The normalized spacial score (nSPS) is 22.5. The SMILES string of the molecule is F[C@H]1CN=C(c2ccccc2)OC1c1ccccc1. The Bertz CT molecular complexity index is 568. The predicted octanol–water partition coefficient (Wildman–Crippen LogP) is 3.54. The van der Waals surface area contributed by atoms with Crippen LogP contribution in [-0.4, -0.2) is 18.6 Å². The molecule has 2 nitrogen and oxygen atoms in total. The first-order valence-electron chi connectivity index (χ1n) is 6.30. The second kappa shape index (κ2) is 5.22. The maximum absolute atomic E-state index is 14.0. The van der Waals surface area contributed by atoms with Crippen molar-refractivity contribution in [3.63, 3.8) is 0 Å². The van der Waals surface area contributed by atoms with Gasteiger partial charge in [-0.1, -0.05) is 48.5 Å². The Hall–Kier alpha value is -2.16. The summed E-state index contributed by atoms with van der Waals surface area (Å²) in [6.07, 6.45) is -1.68. The molecule has 0 fully saturated rings. The zero-order valence-electron chi connectivity index (χ0n) is 10.4. The molecule has 1 aliphatic heterocycles. The Labute approximate surface area is 111 Å². The first kappa shape index (κ1) is 11.9. The van der Waals surface area contributed by atoms with Crippen LogP contribution in [-0.2, 0) is 4.74 Å². The summed E-state index contributed by atoms with van der Waals surface area (Å²) in [7, 11) is 0. The largest absolute Gasteiger partial charge is 0.466 e. The van der Waals surface area contributed by atoms with Crippen molar-refractivity contribution >= 4 is 5.90 Å². The van der Waals surface area contributed by atoms with Crippen molar-refractivity contribution < 1.29 is 9.13 Å². The van der Waals surface area contributed by atoms with Gasteiger partial charge in [-0.2, -0.15) is 0 Å². The number of hydrogen-bond donors (Lipinski definition) is 0. The van der Waals surface area contributed by atoms with Crippen LogP contribution in [0.1, 0.15) is 17.2 Å². The van der Waals surface area contributed by atoms with Crippen molar-refractivity contribution in [2.24, 2.45) is 4.99 Å². The summed E-state index contributed by atoms with van der Waals surface area (Å²) in [5.74, 6) is 0.517. The second-order valence-corrected chi connectivity index (χ2v) is 4.48. The summed E-state index contributed by atoms with van der Waals surface area (Å²) < 4.78 is 19.7. The van der Waals surface area contributed by atoms with E-state index in [2.05, 4.69) is 4.99 Å². The van der Waals surface area contributed by atoms with E-state index in [4.69, 9.17) is 4.74 Å². The molecule has 0 N–H and O–H groups in total. The van der Waals surface area contributed by atoms with Gasteiger partial charge >= 0.3 is 0 Å². The van der Waals surface area contributed by atoms with Crippen molar-refractivity contribution in [1.82, 2.24) is 0 Å². The molecule has 0 aromatic heterocycles. The lowest BCUT2D eigenvalue weighted by Gasteiger charge is -2.27. The number of aliphatic imine (C=N–C) groups is 1. The van der Waals surface area contributed by atoms with E-state index in [1.165, 1.54) is 0 Å². The molecule has 2 aromatic rings. The van der Waals surface area contributed by atoms with Gasteiger partial charge in [0.15, 0.2) is 12.3 Å². The molecule has 0 spiro atoms. The predicted molar refractivity (Wildman–Crippen MR) is 73.0 cm³/mol. The fourth-order valence-electron chi connectivity index (χ4n) is 2.16. The lowest BCUT2D eigenvalue weighted by Crippen LogP contribution is -2.29. The molecule has 19 heavy (non-hydrogen) atoms. The maximum atomic E-state index is 14.0. The number of rotatable bonds is 2. The van der Waals surface area contributed by atoms with Crippen LogP contribution in [0, 0.1) is 0 Å². The number of hydrogen-bond acceptors (Lipinski definition) is 2. The minimum absolute atomic E-state index is 0.143.